The van der Waals surface area contributed by atoms with E-state index in [4.69, 9.17) is 14.7 Å². The smallest absolute Gasteiger partial charge is 0.213 e. The third-order valence-corrected chi connectivity index (χ3v) is 7.11. The number of anilines is 2. The summed E-state index contributed by atoms with van der Waals surface area (Å²) < 4.78 is 7.54. The monoisotopic (exact) mass is 489 g/mol. The second kappa shape index (κ2) is 10.1. The first kappa shape index (κ1) is 23.2. The molecule has 1 aliphatic heterocycles. The minimum Gasteiger partial charge on any atom is -0.481 e. The molecule has 0 amide bonds. The van der Waals surface area contributed by atoms with E-state index in [0.717, 1.165) is 57.7 Å². The zero-order valence-corrected chi connectivity index (χ0v) is 21.3. The van der Waals surface area contributed by atoms with Gasteiger partial charge in [-0.15, -0.1) is 0 Å². The lowest BCUT2D eigenvalue weighted by atomic mass is 9.96. The number of nitrogens with zero attached hydrogens (tertiary/aromatic N) is 4. The molecule has 1 saturated carbocycles. The second-order valence-electron chi connectivity index (χ2n) is 9.76. The van der Waals surface area contributed by atoms with Crippen molar-refractivity contribution in [2.24, 2.45) is 4.99 Å². The number of pyridine rings is 1. The molecule has 6 nitrogen and oxygen atoms in total. The first-order chi connectivity index (χ1) is 18.2. The number of aromatic nitrogens is 3. The maximum absolute atomic E-state index is 5.28. The lowest BCUT2D eigenvalue weighted by Gasteiger charge is -2.22. The van der Waals surface area contributed by atoms with Gasteiger partial charge in [0, 0.05) is 11.8 Å². The third-order valence-electron chi connectivity index (χ3n) is 7.11. The molecule has 0 spiro atoms. The molecule has 2 heterocycles. The SMILES string of the molecule is COc1ccc(Nc2cc3nc4ccccc4n(-c4ccc(C)cc4)c-3c/c2=N\C2CCCCC2)cn1. The van der Waals surface area contributed by atoms with Crippen molar-refractivity contribution in [2.45, 2.75) is 45.1 Å². The van der Waals surface area contributed by atoms with Crippen LogP contribution in [-0.2, 0) is 0 Å². The van der Waals surface area contributed by atoms with Crippen LogP contribution >= 0.6 is 0 Å². The Morgan fingerprint density at radius 3 is 2.51 bits per heavy atom. The molecular weight excluding hydrogens is 458 g/mol. The van der Waals surface area contributed by atoms with Crippen molar-refractivity contribution >= 4 is 22.4 Å². The van der Waals surface area contributed by atoms with Gasteiger partial charge in [-0.2, -0.15) is 0 Å². The van der Waals surface area contributed by atoms with E-state index in [2.05, 4.69) is 76.4 Å². The van der Waals surface area contributed by atoms with E-state index in [1.165, 1.54) is 24.8 Å². The van der Waals surface area contributed by atoms with Crippen molar-refractivity contribution in [1.29, 1.82) is 0 Å². The molecule has 0 atom stereocenters. The van der Waals surface area contributed by atoms with E-state index in [1.54, 1.807) is 13.3 Å². The Balaban J connectivity index is 1.58. The Morgan fingerprint density at radius 2 is 1.76 bits per heavy atom. The number of benzene rings is 3. The first-order valence-corrected chi connectivity index (χ1v) is 13.0. The second-order valence-corrected chi connectivity index (χ2v) is 9.76. The fraction of sp³-hybridized carbons (Fsp3) is 0.258. The predicted molar refractivity (Wildman–Crippen MR) is 149 cm³/mol. The van der Waals surface area contributed by atoms with Crippen molar-refractivity contribution in [2.75, 3.05) is 12.4 Å². The largest absolute Gasteiger partial charge is 0.481 e. The van der Waals surface area contributed by atoms with Gasteiger partial charge in [0.05, 0.1) is 58.5 Å². The fourth-order valence-electron chi connectivity index (χ4n) is 5.16. The average Bonchev–Trinajstić information content (AvgIpc) is 2.94. The molecule has 37 heavy (non-hydrogen) atoms. The maximum atomic E-state index is 5.28. The summed E-state index contributed by atoms with van der Waals surface area (Å²) in [5, 5.41) is 4.51. The minimum absolute atomic E-state index is 0.335. The summed E-state index contributed by atoms with van der Waals surface area (Å²) in [7, 11) is 1.62. The minimum atomic E-state index is 0.335. The lowest BCUT2D eigenvalue weighted by molar-refractivity contribution is 0.398. The highest BCUT2D eigenvalue weighted by molar-refractivity contribution is 5.84. The summed E-state index contributed by atoms with van der Waals surface area (Å²) in [6, 6.07) is 25.5. The lowest BCUT2D eigenvalue weighted by Crippen LogP contribution is -2.19. The normalized spacial score (nSPS) is 14.8. The van der Waals surface area contributed by atoms with Crippen molar-refractivity contribution in [3.8, 4) is 23.0 Å². The van der Waals surface area contributed by atoms with E-state index in [9.17, 15) is 0 Å². The molecule has 1 aromatic heterocycles. The van der Waals surface area contributed by atoms with Crippen LogP contribution < -0.4 is 15.4 Å². The van der Waals surface area contributed by atoms with Crippen molar-refractivity contribution in [3.63, 3.8) is 0 Å². The number of ether oxygens (including phenoxy) is 1. The van der Waals surface area contributed by atoms with E-state index in [1.807, 2.05) is 18.2 Å². The first-order valence-electron chi connectivity index (χ1n) is 13.0. The van der Waals surface area contributed by atoms with Crippen LogP contribution in [0.25, 0.3) is 28.1 Å². The number of para-hydroxylation sites is 2. The molecule has 0 radical (unpaired) electrons. The molecule has 6 rings (SSSR count). The summed E-state index contributed by atoms with van der Waals surface area (Å²) in [6.45, 7) is 2.12. The molecule has 186 valence electrons. The molecular formula is C31H31N5O. The van der Waals surface area contributed by atoms with Gasteiger partial charge in [0.1, 0.15) is 0 Å². The molecule has 0 bridgehead atoms. The number of fused-ring (bicyclic) bond motifs is 2. The van der Waals surface area contributed by atoms with Crippen LogP contribution in [0.4, 0.5) is 11.4 Å². The number of aryl methyl sites for hydroxylation is 1. The third kappa shape index (κ3) is 4.79. The summed E-state index contributed by atoms with van der Waals surface area (Å²) in [5.74, 6) is 0.587. The van der Waals surface area contributed by atoms with Crippen LogP contribution in [0.15, 0.2) is 84.0 Å². The number of methoxy groups -OCH3 is 1. The van der Waals surface area contributed by atoms with Crippen molar-refractivity contribution in [1.82, 2.24) is 14.5 Å². The molecule has 0 unspecified atom stereocenters. The molecule has 0 saturated heterocycles. The Labute approximate surface area is 217 Å². The Bertz CT molecular complexity index is 1560. The molecule has 3 aliphatic rings. The summed E-state index contributed by atoms with van der Waals surface area (Å²) in [4.78, 5) is 14.7. The highest BCUT2D eigenvalue weighted by atomic mass is 16.5. The number of hydrogen-bond donors (Lipinski definition) is 1. The van der Waals surface area contributed by atoms with Crippen LogP contribution in [0.1, 0.15) is 37.7 Å². The van der Waals surface area contributed by atoms with Crippen LogP contribution in [0.5, 0.6) is 5.88 Å². The van der Waals surface area contributed by atoms with Gasteiger partial charge < -0.3 is 14.6 Å². The number of nitrogens with one attached hydrogen (secondary N) is 1. The number of hydrogen-bond acceptors (Lipinski definition) is 5. The van der Waals surface area contributed by atoms with Gasteiger partial charge in [-0.05, 0) is 62.2 Å². The van der Waals surface area contributed by atoms with E-state index >= 15 is 0 Å². The van der Waals surface area contributed by atoms with Gasteiger partial charge in [-0.1, -0.05) is 49.1 Å². The van der Waals surface area contributed by atoms with Crippen LogP contribution in [0.3, 0.4) is 0 Å². The van der Waals surface area contributed by atoms with Crippen molar-refractivity contribution < 1.29 is 4.74 Å². The summed E-state index contributed by atoms with van der Waals surface area (Å²) in [5.41, 5.74) is 8.13. The molecule has 2 aliphatic carbocycles. The van der Waals surface area contributed by atoms with Crippen LogP contribution in [0, 0.1) is 6.92 Å². The van der Waals surface area contributed by atoms with Gasteiger partial charge >= 0.3 is 0 Å². The standard InChI is InChI=1S/C31H31N5O/c1-21-12-15-24(16-13-21)36-29-11-7-6-10-25(29)35-28-18-26(34-23-14-17-31(37-2)32-20-23)27(19-30(28)36)33-22-8-4-3-5-9-22/h6-7,10-20,22,34H,3-5,8-9H2,1-2H3/b33-27+. The Hall–Kier alpha value is -4.19. The molecule has 1 N–H and O–H groups in total. The average molecular weight is 490 g/mol. The van der Waals surface area contributed by atoms with E-state index < -0.39 is 0 Å². The highest BCUT2D eigenvalue weighted by Gasteiger charge is 2.18. The topological polar surface area (TPSA) is 64.3 Å². The van der Waals surface area contributed by atoms with Gasteiger partial charge in [0.2, 0.25) is 5.88 Å². The van der Waals surface area contributed by atoms with Gasteiger partial charge in [-0.3, -0.25) is 4.99 Å². The van der Waals surface area contributed by atoms with Crippen molar-refractivity contribution in [3.05, 3.63) is 89.9 Å². The Morgan fingerprint density at radius 1 is 0.946 bits per heavy atom. The molecule has 2 aromatic carbocycles. The highest BCUT2D eigenvalue weighted by Crippen LogP contribution is 2.31. The fourth-order valence-corrected chi connectivity index (χ4v) is 5.16. The molecule has 1 fully saturated rings. The maximum Gasteiger partial charge on any atom is 0.213 e. The predicted octanol–water partition coefficient (Wildman–Crippen LogP) is 6.82. The molecule has 3 aromatic rings. The quantitative estimate of drug-likeness (QED) is 0.275. The zero-order valence-electron chi connectivity index (χ0n) is 21.3. The van der Waals surface area contributed by atoms with Crippen LogP contribution in [-0.4, -0.2) is 27.7 Å². The zero-order chi connectivity index (χ0) is 25.2. The van der Waals surface area contributed by atoms with E-state index in [-0.39, 0.29) is 0 Å². The van der Waals surface area contributed by atoms with Crippen LogP contribution in [0.2, 0.25) is 0 Å². The van der Waals surface area contributed by atoms with E-state index in [0.29, 0.717) is 11.9 Å². The summed E-state index contributed by atoms with van der Waals surface area (Å²) in [6.07, 6.45) is 7.83. The van der Waals surface area contributed by atoms with Gasteiger partial charge in [0.25, 0.3) is 0 Å². The Kier molecular flexibility index (Phi) is 6.31. The van der Waals surface area contributed by atoms with Gasteiger partial charge in [0.15, 0.2) is 0 Å². The summed E-state index contributed by atoms with van der Waals surface area (Å²) >= 11 is 0. The van der Waals surface area contributed by atoms with Gasteiger partial charge in [-0.25, -0.2) is 9.97 Å². The number of rotatable bonds is 5. The molecule has 6 heteroatoms.